The van der Waals surface area contributed by atoms with Gasteiger partial charge in [-0.05, 0) is 18.2 Å². The van der Waals surface area contributed by atoms with Gasteiger partial charge in [0, 0.05) is 17.7 Å². The summed E-state index contributed by atoms with van der Waals surface area (Å²) in [4.78, 5) is 12.5. The van der Waals surface area contributed by atoms with E-state index in [1.54, 1.807) is 0 Å². The molecule has 5 atom stereocenters. The molecule has 1 aliphatic heterocycles. The molecule has 2 aromatic carbocycles. The maximum absolute atomic E-state index is 12.5. The number of aliphatic hydroxyl groups is 4. The molecule has 0 unspecified atom stereocenters. The van der Waals surface area contributed by atoms with E-state index in [9.17, 15) is 45.6 Å². The number of aliphatic hydroxyl groups excluding tert-OH is 4. The van der Waals surface area contributed by atoms with Crippen LogP contribution in [0.5, 0.6) is 28.7 Å². The van der Waals surface area contributed by atoms with E-state index in [1.807, 2.05) is 0 Å². The maximum Gasteiger partial charge on any atom is 0.238 e. The minimum atomic E-state index is -1.70. The normalized spacial score (nSPS) is 25.3. The maximum atomic E-state index is 12.5. The van der Waals surface area contributed by atoms with Crippen LogP contribution in [0.25, 0.3) is 22.3 Å². The number of hydrogen-bond donors (Lipinski definition) is 8. The highest BCUT2D eigenvalue weighted by Crippen LogP contribution is 2.39. The molecule has 1 aromatic heterocycles. The van der Waals surface area contributed by atoms with Gasteiger partial charge < -0.3 is 54.7 Å². The van der Waals surface area contributed by atoms with Crippen LogP contribution in [0.3, 0.4) is 0 Å². The van der Waals surface area contributed by atoms with E-state index in [0.717, 1.165) is 18.2 Å². The number of phenols is 3. The van der Waals surface area contributed by atoms with Gasteiger partial charge in [0.2, 0.25) is 17.5 Å². The van der Waals surface area contributed by atoms with Gasteiger partial charge in [0.05, 0.1) is 6.61 Å². The minimum Gasteiger partial charge on any atom is -0.508 e. The Labute approximate surface area is 184 Å². The van der Waals surface area contributed by atoms with Gasteiger partial charge in [0.25, 0.3) is 0 Å². The SMILES string of the molecule is O=c1c(O)[13c](-c2ccc(O[C@@H]3O[C@H](CO)[C@@H](O)[C@H](O)[C@H]3O)c(O)c2)oc2cc(O)cc(O)c12. The van der Waals surface area contributed by atoms with Crippen LogP contribution in [0.1, 0.15) is 0 Å². The summed E-state index contributed by atoms with van der Waals surface area (Å²) in [5, 5.41) is 78.8. The fourth-order valence-corrected chi connectivity index (χ4v) is 3.52. The lowest BCUT2D eigenvalue weighted by atomic mass is 9.99. The zero-order valence-corrected chi connectivity index (χ0v) is 16.7. The first-order chi connectivity index (χ1) is 15.6. The second-order valence-electron chi connectivity index (χ2n) is 7.44. The average Bonchev–Trinajstić information content (AvgIpc) is 2.77. The van der Waals surface area contributed by atoms with Crippen LogP contribution in [0.4, 0.5) is 0 Å². The Hall–Kier alpha value is -3.55. The predicted octanol–water partition coefficient (Wildman–Crippen LogP) is -0.539. The molecule has 0 amide bonds. The average molecular weight is 465 g/mol. The van der Waals surface area contributed by atoms with Crippen molar-refractivity contribution in [2.45, 2.75) is 30.7 Å². The van der Waals surface area contributed by atoms with E-state index in [4.69, 9.17) is 13.9 Å². The van der Waals surface area contributed by atoms with Crippen LogP contribution in [0.15, 0.2) is 39.5 Å². The molecule has 12 heteroatoms. The van der Waals surface area contributed by atoms with Crippen molar-refractivity contribution in [2.75, 3.05) is 6.61 Å². The van der Waals surface area contributed by atoms with E-state index < -0.39 is 60.0 Å². The lowest BCUT2D eigenvalue weighted by Gasteiger charge is -2.39. The molecule has 0 aliphatic carbocycles. The van der Waals surface area contributed by atoms with Crippen LogP contribution >= 0.6 is 0 Å². The van der Waals surface area contributed by atoms with Crippen LogP contribution < -0.4 is 10.2 Å². The molecule has 4 rings (SSSR count). The second-order valence-corrected chi connectivity index (χ2v) is 7.44. The summed E-state index contributed by atoms with van der Waals surface area (Å²) < 4.78 is 16.1. The highest BCUT2D eigenvalue weighted by molar-refractivity contribution is 5.88. The molecule has 0 radical (unpaired) electrons. The lowest BCUT2D eigenvalue weighted by Crippen LogP contribution is -2.60. The topological polar surface area (TPSA) is 211 Å². The van der Waals surface area contributed by atoms with Gasteiger partial charge in [-0.15, -0.1) is 0 Å². The van der Waals surface area contributed by atoms with E-state index in [1.165, 1.54) is 12.1 Å². The summed E-state index contributed by atoms with van der Waals surface area (Å²) in [5.74, 6) is -2.97. The molecule has 176 valence electrons. The Kier molecular flexibility index (Phi) is 5.78. The van der Waals surface area contributed by atoms with Crippen molar-refractivity contribution in [1.29, 1.82) is 0 Å². The first-order valence-corrected chi connectivity index (χ1v) is 9.64. The van der Waals surface area contributed by atoms with Crippen molar-refractivity contribution < 1.29 is 54.7 Å². The summed E-state index contributed by atoms with van der Waals surface area (Å²) in [6.45, 7) is -0.666. The molecule has 0 spiro atoms. The van der Waals surface area contributed by atoms with Gasteiger partial charge in [-0.2, -0.15) is 0 Å². The number of benzene rings is 2. The number of fused-ring (bicyclic) bond motifs is 1. The molecular weight excluding hydrogens is 445 g/mol. The standard InChI is InChI=1S/C21H20O12/c22-6-13-15(26)17(28)19(30)21(33-13)32-11-2-1-7(3-9(11)24)20-18(29)16(27)14-10(25)4-8(23)5-12(14)31-20/h1-5,13,15,17,19,21-26,28-30H,6H2/t13-,15-,17+,19-,21-/m1/s1/i20+1. The number of phenolic OH excluding ortho intramolecular Hbond substituents is 3. The third-order valence-corrected chi connectivity index (χ3v) is 5.25. The molecular formula is C21H20O12. The molecule has 1 saturated heterocycles. The van der Waals surface area contributed by atoms with Gasteiger partial charge in [-0.3, -0.25) is 4.79 Å². The molecule has 8 N–H and O–H groups in total. The fraction of sp³-hybridized carbons (Fsp3) is 0.286. The third-order valence-electron chi connectivity index (χ3n) is 5.25. The number of hydrogen-bond acceptors (Lipinski definition) is 12. The van der Waals surface area contributed by atoms with E-state index in [0.29, 0.717) is 0 Å². The first-order valence-electron chi connectivity index (χ1n) is 9.64. The first kappa shape index (κ1) is 22.6. The minimum absolute atomic E-state index is 0.0213. The highest BCUT2D eigenvalue weighted by Gasteiger charge is 2.45. The van der Waals surface area contributed by atoms with Crippen LogP contribution in [-0.4, -0.2) is 78.2 Å². The largest absolute Gasteiger partial charge is 0.508 e. The molecule has 0 bridgehead atoms. The van der Waals surface area contributed by atoms with Gasteiger partial charge in [-0.25, -0.2) is 0 Å². The van der Waals surface area contributed by atoms with Crippen LogP contribution in [-0.2, 0) is 4.74 Å². The molecule has 1 fully saturated rings. The second kappa shape index (κ2) is 8.42. The zero-order valence-electron chi connectivity index (χ0n) is 16.7. The molecule has 1 aliphatic rings. The molecule has 0 saturated carbocycles. The van der Waals surface area contributed by atoms with E-state index >= 15 is 0 Å². The quantitative estimate of drug-likeness (QED) is 0.244. The summed E-state index contributed by atoms with van der Waals surface area (Å²) in [6.07, 6.45) is -7.73. The predicted molar refractivity (Wildman–Crippen MR) is 109 cm³/mol. The van der Waals surface area contributed by atoms with Crippen molar-refractivity contribution in [3.63, 3.8) is 0 Å². The van der Waals surface area contributed by atoms with Crippen molar-refractivity contribution >= 4 is 11.0 Å². The van der Waals surface area contributed by atoms with Crippen molar-refractivity contribution in [3.8, 4) is 40.1 Å². The zero-order chi connectivity index (χ0) is 24.0. The number of aromatic hydroxyl groups is 4. The van der Waals surface area contributed by atoms with Crippen LogP contribution in [0, 0.1) is 0 Å². The smallest absolute Gasteiger partial charge is 0.238 e. The summed E-state index contributed by atoms with van der Waals surface area (Å²) in [5.41, 5.74) is -1.16. The van der Waals surface area contributed by atoms with E-state index in [-0.39, 0.29) is 33.8 Å². The lowest BCUT2D eigenvalue weighted by molar-refractivity contribution is -0.277. The monoisotopic (exact) mass is 465 g/mol. The van der Waals surface area contributed by atoms with Gasteiger partial charge in [-0.1, -0.05) is 0 Å². The Balaban J connectivity index is 1.68. The van der Waals surface area contributed by atoms with Gasteiger partial charge in [0.15, 0.2) is 17.3 Å². The molecule has 12 nitrogen and oxygen atoms in total. The Morgan fingerprint density at radius 3 is 2.30 bits per heavy atom. The van der Waals surface area contributed by atoms with E-state index in [2.05, 4.69) is 0 Å². The molecule has 3 aromatic rings. The summed E-state index contributed by atoms with van der Waals surface area (Å²) in [7, 11) is 0. The Morgan fingerprint density at radius 1 is 0.909 bits per heavy atom. The third kappa shape index (κ3) is 3.90. The van der Waals surface area contributed by atoms with Crippen LogP contribution in [0.2, 0.25) is 0 Å². The number of rotatable bonds is 4. The number of ether oxygens (including phenoxy) is 2. The Morgan fingerprint density at radius 2 is 1.64 bits per heavy atom. The fourth-order valence-electron chi connectivity index (χ4n) is 3.52. The van der Waals surface area contributed by atoms with Gasteiger partial charge in [0.1, 0.15) is 46.9 Å². The van der Waals surface area contributed by atoms with Gasteiger partial charge >= 0.3 is 0 Å². The van der Waals surface area contributed by atoms with Crippen molar-refractivity contribution in [2.24, 2.45) is 0 Å². The van der Waals surface area contributed by atoms with Crippen molar-refractivity contribution in [1.82, 2.24) is 0 Å². The molecule has 2 heterocycles. The highest BCUT2D eigenvalue weighted by atomic mass is 16.7. The summed E-state index contributed by atoms with van der Waals surface area (Å²) in [6, 6.07) is 5.51. The van der Waals surface area contributed by atoms with Crippen molar-refractivity contribution in [3.05, 3.63) is 40.6 Å². The molecule has 33 heavy (non-hydrogen) atoms. The Bertz CT molecular complexity index is 1250. The summed E-state index contributed by atoms with van der Waals surface area (Å²) >= 11 is 0.